The monoisotopic (exact) mass is 378 g/mol. The molecule has 2 aromatic heterocycles. The highest BCUT2D eigenvalue weighted by atomic mass is 79.9. The zero-order valence-corrected chi connectivity index (χ0v) is 14.1. The van der Waals surface area contributed by atoms with Crippen molar-refractivity contribution in [2.75, 3.05) is 13.6 Å². The minimum atomic E-state index is -3.52. The number of rotatable bonds is 7. The van der Waals surface area contributed by atoms with Crippen LogP contribution in [-0.4, -0.2) is 31.8 Å². The predicted octanol–water partition coefficient (Wildman–Crippen LogP) is 1.40. The Kier molecular flexibility index (Phi) is 5.33. The van der Waals surface area contributed by atoms with E-state index in [0.29, 0.717) is 6.54 Å². The Morgan fingerprint density at radius 2 is 2.30 bits per heavy atom. The highest BCUT2D eigenvalue weighted by Gasteiger charge is 2.16. The number of hydrogen-bond donors (Lipinski definition) is 2. The Balaban J connectivity index is 2.00. The van der Waals surface area contributed by atoms with E-state index < -0.39 is 10.0 Å². The molecule has 0 fully saturated rings. The molecule has 0 amide bonds. The molecule has 0 aliphatic heterocycles. The maximum atomic E-state index is 12.1. The molecule has 110 valence electrons. The molecular formula is C11H15BrN4O2S2. The van der Waals surface area contributed by atoms with E-state index in [2.05, 4.69) is 31.1 Å². The Hall–Kier alpha value is -0.740. The summed E-state index contributed by atoms with van der Waals surface area (Å²) in [5.41, 5.74) is 0. The van der Waals surface area contributed by atoms with Crippen LogP contribution in [0.4, 0.5) is 0 Å². The smallest absolute Gasteiger partial charge is 0.244 e. The molecular weight excluding hydrogens is 364 g/mol. The summed E-state index contributed by atoms with van der Waals surface area (Å²) in [6.45, 7) is 1.64. The van der Waals surface area contributed by atoms with Crippen LogP contribution in [-0.2, 0) is 23.1 Å². The number of nitrogens with one attached hydrogen (secondary N) is 2. The van der Waals surface area contributed by atoms with Crippen LogP contribution in [0.3, 0.4) is 0 Å². The van der Waals surface area contributed by atoms with Crippen LogP contribution in [0.25, 0.3) is 0 Å². The first-order chi connectivity index (χ1) is 9.51. The number of aromatic nitrogens is 2. The molecule has 0 saturated heterocycles. The summed E-state index contributed by atoms with van der Waals surface area (Å²) in [7, 11) is -1.68. The van der Waals surface area contributed by atoms with Gasteiger partial charge in [0.25, 0.3) is 0 Å². The molecule has 0 bridgehead atoms. The lowest BCUT2D eigenvalue weighted by atomic mass is 10.5. The third-order valence-electron chi connectivity index (χ3n) is 2.57. The second-order valence-corrected chi connectivity index (χ2v) is 7.78. The van der Waals surface area contributed by atoms with Gasteiger partial charge < -0.3 is 5.32 Å². The lowest BCUT2D eigenvalue weighted by molar-refractivity contribution is 0.576. The standard InChI is InChI=1S/C11H15BrN4O2S2/c1-13-2-3-16-7-11(6-14-16)20(17,18)15-5-10-4-9(12)8-19-10/h4,6-8,13,15H,2-3,5H2,1H3. The molecule has 2 N–H and O–H groups in total. The Morgan fingerprint density at radius 1 is 1.50 bits per heavy atom. The molecule has 0 unspecified atom stereocenters. The first-order valence-electron chi connectivity index (χ1n) is 5.91. The van der Waals surface area contributed by atoms with E-state index in [1.165, 1.54) is 23.7 Å². The van der Waals surface area contributed by atoms with E-state index in [9.17, 15) is 8.42 Å². The van der Waals surface area contributed by atoms with Gasteiger partial charge in [0.2, 0.25) is 10.0 Å². The molecule has 2 heterocycles. The number of nitrogens with zero attached hydrogens (tertiary/aromatic N) is 2. The maximum absolute atomic E-state index is 12.1. The van der Waals surface area contributed by atoms with Crippen molar-refractivity contribution in [3.8, 4) is 0 Å². The minimum Gasteiger partial charge on any atom is -0.318 e. The SMILES string of the molecule is CNCCn1cc(S(=O)(=O)NCc2cc(Br)cs2)cn1. The first kappa shape index (κ1) is 15.6. The van der Waals surface area contributed by atoms with Crippen LogP contribution in [0.2, 0.25) is 0 Å². The van der Waals surface area contributed by atoms with Crippen molar-refractivity contribution in [2.45, 2.75) is 18.0 Å². The van der Waals surface area contributed by atoms with E-state index in [4.69, 9.17) is 0 Å². The van der Waals surface area contributed by atoms with Gasteiger partial charge in [-0.1, -0.05) is 0 Å². The van der Waals surface area contributed by atoms with Crippen molar-refractivity contribution < 1.29 is 8.42 Å². The van der Waals surface area contributed by atoms with Gasteiger partial charge in [-0.15, -0.1) is 11.3 Å². The number of hydrogen-bond acceptors (Lipinski definition) is 5. The molecule has 2 aromatic rings. The molecule has 0 spiro atoms. The first-order valence-corrected chi connectivity index (χ1v) is 9.06. The van der Waals surface area contributed by atoms with Gasteiger partial charge in [-0.05, 0) is 29.0 Å². The zero-order valence-electron chi connectivity index (χ0n) is 10.8. The van der Waals surface area contributed by atoms with Gasteiger partial charge >= 0.3 is 0 Å². The summed E-state index contributed by atoms with van der Waals surface area (Å²) < 4.78 is 29.4. The summed E-state index contributed by atoms with van der Waals surface area (Å²) in [6, 6.07) is 1.89. The van der Waals surface area contributed by atoms with Crippen LogP contribution in [0, 0.1) is 0 Å². The number of likely N-dealkylation sites (N-methyl/N-ethyl adjacent to an activating group) is 1. The lowest BCUT2D eigenvalue weighted by Gasteiger charge is -2.03. The molecule has 2 rings (SSSR count). The molecule has 0 atom stereocenters. The van der Waals surface area contributed by atoms with Crippen LogP contribution in [0.15, 0.2) is 33.2 Å². The van der Waals surface area contributed by atoms with Crippen molar-refractivity contribution in [2.24, 2.45) is 0 Å². The normalized spacial score (nSPS) is 11.9. The lowest BCUT2D eigenvalue weighted by Crippen LogP contribution is -2.22. The van der Waals surface area contributed by atoms with Crippen LogP contribution >= 0.6 is 27.3 Å². The highest BCUT2D eigenvalue weighted by molar-refractivity contribution is 9.10. The van der Waals surface area contributed by atoms with Crippen molar-refractivity contribution in [1.82, 2.24) is 19.8 Å². The summed E-state index contributed by atoms with van der Waals surface area (Å²) in [6.07, 6.45) is 2.90. The fourth-order valence-corrected chi connectivity index (χ4v) is 3.97. The Morgan fingerprint density at radius 3 is 2.95 bits per heavy atom. The van der Waals surface area contributed by atoms with Crippen LogP contribution in [0.1, 0.15) is 4.88 Å². The number of sulfonamides is 1. The van der Waals surface area contributed by atoms with Crippen molar-refractivity contribution in [3.63, 3.8) is 0 Å². The molecule has 0 aromatic carbocycles. The molecule has 9 heteroatoms. The molecule has 0 saturated carbocycles. The minimum absolute atomic E-state index is 0.184. The topological polar surface area (TPSA) is 76.0 Å². The quantitative estimate of drug-likeness (QED) is 0.763. The van der Waals surface area contributed by atoms with E-state index in [-0.39, 0.29) is 11.4 Å². The van der Waals surface area contributed by atoms with E-state index in [1.807, 2.05) is 18.5 Å². The highest BCUT2D eigenvalue weighted by Crippen LogP contribution is 2.20. The average molecular weight is 379 g/mol. The largest absolute Gasteiger partial charge is 0.318 e. The third-order valence-corrected chi connectivity index (χ3v) is 5.62. The predicted molar refractivity (Wildman–Crippen MR) is 82.2 cm³/mol. The van der Waals surface area contributed by atoms with Gasteiger partial charge in [-0.2, -0.15) is 5.10 Å². The van der Waals surface area contributed by atoms with Crippen LogP contribution in [0.5, 0.6) is 0 Å². The van der Waals surface area contributed by atoms with Gasteiger partial charge in [0.15, 0.2) is 0 Å². The maximum Gasteiger partial charge on any atom is 0.244 e. The Bertz CT molecular complexity index is 666. The number of thiophene rings is 1. The van der Waals surface area contributed by atoms with Gasteiger partial charge in [-0.25, -0.2) is 13.1 Å². The molecule has 0 aliphatic rings. The molecule has 0 radical (unpaired) electrons. The van der Waals surface area contributed by atoms with Crippen molar-refractivity contribution in [1.29, 1.82) is 0 Å². The fraction of sp³-hybridized carbons (Fsp3) is 0.364. The van der Waals surface area contributed by atoms with Gasteiger partial charge in [0, 0.05) is 34.0 Å². The van der Waals surface area contributed by atoms with Crippen LogP contribution < -0.4 is 10.0 Å². The summed E-state index contributed by atoms with van der Waals surface area (Å²) in [5, 5.41) is 8.93. The Labute approximate surface area is 130 Å². The van der Waals surface area contributed by atoms with E-state index in [0.717, 1.165) is 15.9 Å². The number of halogens is 1. The second-order valence-electron chi connectivity index (χ2n) is 4.10. The summed E-state index contributed by atoms with van der Waals surface area (Å²) in [4.78, 5) is 1.13. The average Bonchev–Trinajstić information content (AvgIpc) is 3.03. The van der Waals surface area contributed by atoms with Gasteiger partial charge in [0.1, 0.15) is 4.90 Å². The molecule has 0 aliphatic carbocycles. The van der Waals surface area contributed by atoms with Crippen molar-refractivity contribution >= 4 is 37.3 Å². The fourth-order valence-electron chi connectivity index (χ4n) is 1.53. The van der Waals surface area contributed by atoms with E-state index >= 15 is 0 Å². The molecule has 20 heavy (non-hydrogen) atoms. The van der Waals surface area contributed by atoms with Crippen molar-refractivity contribution in [3.05, 3.63) is 33.2 Å². The van der Waals surface area contributed by atoms with E-state index in [1.54, 1.807) is 4.68 Å². The zero-order chi connectivity index (χ0) is 14.6. The summed E-state index contributed by atoms with van der Waals surface area (Å²) >= 11 is 4.84. The van der Waals surface area contributed by atoms with Gasteiger partial charge in [0.05, 0.1) is 12.7 Å². The summed E-state index contributed by atoms with van der Waals surface area (Å²) in [5.74, 6) is 0. The second kappa shape index (κ2) is 6.81. The van der Waals surface area contributed by atoms with Gasteiger partial charge in [-0.3, -0.25) is 4.68 Å². The molecule has 6 nitrogen and oxygen atoms in total. The third kappa shape index (κ3) is 4.13.